The first-order valence-electron chi connectivity index (χ1n) is 5.75. The van der Waals surface area contributed by atoms with Crippen LogP contribution in [-0.4, -0.2) is 0 Å². The Hall–Kier alpha value is -2.58. The fraction of sp³-hybridized carbons (Fsp3) is 0.125. The van der Waals surface area contributed by atoms with Gasteiger partial charge in [0, 0.05) is 0 Å². The lowest BCUT2D eigenvalue weighted by atomic mass is 10.1. The molecule has 0 amide bonds. The van der Waals surface area contributed by atoms with Crippen LogP contribution < -0.4 is 0 Å². The minimum Gasteiger partial charge on any atom is -0.192 e. The van der Waals surface area contributed by atoms with Crippen molar-refractivity contribution >= 4 is 0 Å². The van der Waals surface area contributed by atoms with Crippen molar-refractivity contribution in [1.82, 2.24) is 0 Å². The van der Waals surface area contributed by atoms with Gasteiger partial charge in [0.05, 0.1) is 23.3 Å². The zero-order valence-electron chi connectivity index (χ0n) is 10.3. The number of aryl methyl sites for hydroxylation is 1. The molecule has 0 radical (unpaired) electrons. The Bertz CT molecular complexity index is 560. The third-order valence-electron chi connectivity index (χ3n) is 2.42. The van der Waals surface area contributed by atoms with Crippen LogP contribution in [0.15, 0.2) is 54.6 Å². The SMILES string of the molecule is CCc1ccccc1C#N.N#Cc1ccccc1. The Balaban J connectivity index is 0.000000184. The summed E-state index contributed by atoms with van der Waals surface area (Å²) >= 11 is 0. The van der Waals surface area contributed by atoms with Crippen molar-refractivity contribution in [2.75, 3.05) is 0 Å². The molecular weight excluding hydrogens is 220 g/mol. The Kier molecular flexibility index (Phi) is 5.73. The van der Waals surface area contributed by atoms with Crippen LogP contribution >= 0.6 is 0 Å². The van der Waals surface area contributed by atoms with E-state index >= 15 is 0 Å². The maximum absolute atomic E-state index is 8.60. The average molecular weight is 234 g/mol. The number of nitriles is 2. The summed E-state index contributed by atoms with van der Waals surface area (Å²) in [5.41, 5.74) is 2.64. The van der Waals surface area contributed by atoms with Crippen molar-refractivity contribution in [3.05, 3.63) is 71.3 Å². The quantitative estimate of drug-likeness (QED) is 0.755. The summed E-state index contributed by atoms with van der Waals surface area (Å²) in [5.74, 6) is 0. The van der Waals surface area contributed by atoms with Crippen molar-refractivity contribution in [1.29, 1.82) is 10.5 Å². The first-order valence-corrected chi connectivity index (χ1v) is 5.75. The molecule has 0 heterocycles. The first kappa shape index (κ1) is 13.5. The predicted molar refractivity (Wildman–Crippen MR) is 71.7 cm³/mol. The molecule has 0 aliphatic rings. The molecule has 2 aromatic carbocycles. The van der Waals surface area contributed by atoms with Crippen LogP contribution in [0, 0.1) is 22.7 Å². The molecule has 0 N–H and O–H groups in total. The van der Waals surface area contributed by atoms with Gasteiger partial charge in [-0.25, -0.2) is 0 Å². The molecule has 0 spiro atoms. The third-order valence-corrected chi connectivity index (χ3v) is 2.42. The van der Waals surface area contributed by atoms with E-state index in [4.69, 9.17) is 10.5 Å². The van der Waals surface area contributed by atoms with Crippen LogP contribution in [0.2, 0.25) is 0 Å². The smallest absolute Gasteiger partial charge is 0.0994 e. The number of benzene rings is 2. The second kappa shape index (κ2) is 7.65. The summed E-state index contributed by atoms with van der Waals surface area (Å²) < 4.78 is 0. The summed E-state index contributed by atoms with van der Waals surface area (Å²) in [6.07, 6.45) is 0.934. The highest BCUT2D eigenvalue weighted by molar-refractivity contribution is 5.37. The highest BCUT2D eigenvalue weighted by atomic mass is 14.2. The molecule has 2 nitrogen and oxygen atoms in total. The van der Waals surface area contributed by atoms with Crippen LogP contribution in [0.25, 0.3) is 0 Å². The van der Waals surface area contributed by atoms with E-state index in [1.54, 1.807) is 12.1 Å². The molecule has 0 atom stereocenters. The topological polar surface area (TPSA) is 47.6 Å². The lowest BCUT2D eigenvalue weighted by Gasteiger charge is -1.96. The second-order valence-electron chi connectivity index (χ2n) is 3.60. The highest BCUT2D eigenvalue weighted by Crippen LogP contribution is 2.06. The van der Waals surface area contributed by atoms with Crippen LogP contribution in [0.5, 0.6) is 0 Å². The maximum atomic E-state index is 8.60. The fourth-order valence-electron chi connectivity index (χ4n) is 1.45. The Labute approximate surface area is 108 Å². The van der Waals surface area contributed by atoms with Gasteiger partial charge in [0.2, 0.25) is 0 Å². The summed E-state index contributed by atoms with van der Waals surface area (Å²) in [5, 5.41) is 16.9. The largest absolute Gasteiger partial charge is 0.192 e. The number of hydrogen-bond acceptors (Lipinski definition) is 2. The molecule has 0 fully saturated rings. The van der Waals surface area contributed by atoms with Gasteiger partial charge in [-0.1, -0.05) is 43.3 Å². The minimum absolute atomic E-state index is 0.715. The van der Waals surface area contributed by atoms with Gasteiger partial charge in [0.1, 0.15) is 0 Å². The van der Waals surface area contributed by atoms with E-state index in [9.17, 15) is 0 Å². The summed E-state index contributed by atoms with van der Waals surface area (Å²) in [4.78, 5) is 0. The number of nitrogens with zero attached hydrogens (tertiary/aromatic N) is 2. The van der Waals surface area contributed by atoms with Crippen LogP contribution in [-0.2, 0) is 6.42 Å². The van der Waals surface area contributed by atoms with Gasteiger partial charge in [-0.05, 0) is 30.2 Å². The fourth-order valence-corrected chi connectivity index (χ4v) is 1.45. The Morgan fingerprint density at radius 1 is 0.833 bits per heavy atom. The van der Waals surface area contributed by atoms with Crippen molar-refractivity contribution in [3.8, 4) is 12.1 Å². The van der Waals surface area contributed by atoms with E-state index in [0.29, 0.717) is 5.56 Å². The maximum Gasteiger partial charge on any atom is 0.0994 e. The lowest BCUT2D eigenvalue weighted by Crippen LogP contribution is -1.84. The van der Waals surface area contributed by atoms with Crippen molar-refractivity contribution in [3.63, 3.8) is 0 Å². The van der Waals surface area contributed by atoms with Gasteiger partial charge in [0.25, 0.3) is 0 Å². The van der Waals surface area contributed by atoms with E-state index in [1.807, 2.05) is 48.5 Å². The van der Waals surface area contributed by atoms with Gasteiger partial charge in [0.15, 0.2) is 0 Å². The molecule has 0 saturated carbocycles. The van der Waals surface area contributed by atoms with E-state index in [2.05, 4.69) is 13.0 Å². The summed E-state index contributed by atoms with van der Waals surface area (Å²) in [6.45, 7) is 2.05. The zero-order chi connectivity index (χ0) is 13.2. The highest BCUT2D eigenvalue weighted by Gasteiger charge is 1.94. The van der Waals surface area contributed by atoms with Gasteiger partial charge >= 0.3 is 0 Å². The van der Waals surface area contributed by atoms with Gasteiger partial charge in [-0.15, -0.1) is 0 Å². The monoisotopic (exact) mass is 234 g/mol. The van der Waals surface area contributed by atoms with Crippen molar-refractivity contribution < 1.29 is 0 Å². The van der Waals surface area contributed by atoms with Crippen molar-refractivity contribution in [2.24, 2.45) is 0 Å². The Morgan fingerprint density at radius 3 is 1.89 bits per heavy atom. The zero-order valence-corrected chi connectivity index (χ0v) is 10.3. The van der Waals surface area contributed by atoms with E-state index in [1.165, 1.54) is 0 Å². The molecule has 18 heavy (non-hydrogen) atoms. The number of hydrogen-bond donors (Lipinski definition) is 0. The molecule has 2 aromatic rings. The van der Waals surface area contributed by atoms with E-state index < -0.39 is 0 Å². The molecular formula is C16H14N2. The molecule has 0 aliphatic heterocycles. The van der Waals surface area contributed by atoms with Gasteiger partial charge in [-0.2, -0.15) is 10.5 Å². The standard InChI is InChI=1S/C9H9N.C7H5N/c1-2-8-5-3-4-6-9(8)7-10;8-6-7-4-2-1-3-5-7/h3-6H,2H2,1H3;1-5H. The van der Waals surface area contributed by atoms with Crippen LogP contribution in [0.1, 0.15) is 23.6 Å². The Morgan fingerprint density at radius 2 is 1.44 bits per heavy atom. The third kappa shape index (κ3) is 4.12. The van der Waals surface area contributed by atoms with Gasteiger partial charge < -0.3 is 0 Å². The molecule has 88 valence electrons. The summed E-state index contributed by atoms with van der Waals surface area (Å²) in [6, 6.07) is 21.0. The molecule has 0 aliphatic carbocycles. The number of rotatable bonds is 1. The lowest BCUT2D eigenvalue weighted by molar-refractivity contribution is 1.13. The molecule has 2 rings (SSSR count). The van der Waals surface area contributed by atoms with Crippen LogP contribution in [0.4, 0.5) is 0 Å². The molecule has 0 saturated heterocycles. The second-order valence-corrected chi connectivity index (χ2v) is 3.60. The molecule has 2 heteroatoms. The normalized spacial score (nSPS) is 8.39. The summed E-state index contributed by atoms with van der Waals surface area (Å²) in [7, 11) is 0. The van der Waals surface area contributed by atoms with E-state index in [-0.39, 0.29) is 0 Å². The predicted octanol–water partition coefficient (Wildman–Crippen LogP) is 3.68. The molecule has 0 aromatic heterocycles. The average Bonchev–Trinajstić information content (AvgIpc) is 2.48. The van der Waals surface area contributed by atoms with Gasteiger partial charge in [-0.3, -0.25) is 0 Å². The van der Waals surface area contributed by atoms with E-state index in [0.717, 1.165) is 17.5 Å². The van der Waals surface area contributed by atoms with Crippen LogP contribution in [0.3, 0.4) is 0 Å². The molecule has 0 unspecified atom stereocenters. The molecule has 0 bridgehead atoms. The first-order chi connectivity index (χ1) is 8.81. The minimum atomic E-state index is 0.715. The van der Waals surface area contributed by atoms with Crippen molar-refractivity contribution in [2.45, 2.75) is 13.3 Å².